The fourth-order valence-electron chi connectivity index (χ4n) is 2.99. The molecule has 7 heteroatoms. The number of amides is 1. The number of carbonyl (C=O) groups is 1. The Hall–Kier alpha value is -2.28. The lowest BCUT2D eigenvalue weighted by Gasteiger charge is -2.18. The van der Waals surface area contributed by atoms with Crippen LogP contribution >= 0.6 is 23.4 Å². The topological polar surface area (TPSA) is 62.1 Å². The van der Waals surface area contributed by atoms with Crippen molar-refractivity contribution in [2.75, 3.05) is 18.1 Å². The number of halogens is 1. The van der Waals surface area contributed by atoms with Crippen LogP contribution in [0.5, 0.6) is 5.75 Å². The fraction of sp³-hybridized carbons (Fsp3) is 0.333. The molecule has 0 radical (unpaired) electrons. The van der Waals surface area contributed by atoms with Crippen molar-refractivity contribution in [2.45, 2.75) is 39.7 Å². The van der Waals surface area contributed by atoms with Crippen LogP contribution in [0.25, 0.3) is 6.08 Å². The number of anilines is 1. The smallest absolute Gasteiger partial charge is 0.271 e. The molecule has 1 fully saturated rings. The van der Waals surface area contributed by atoms with Crippen LogP contribution in [0.15, 0.2) is 52.4 Å². The van der Waals surface area contributed by atoms with Gasteiger partial charge in [-0.15, -0.1) is 0 Å². The average Bonchev–Trinajstić information content (AvgIpc) is 3.06. The zero-order valence-corrected chi connectivity index (χ0v) is 19.5. The van der Waals surface area contributed by atoms with Crippen molar-refractivity contribution in [1.82, 2.24) is 0 Å². The number of thioether (sulfide) groups is 1. The number of para-hydroxylation sites is 1. The van der Waals surface area contributed by atoms with Gasteiger partial charge in [0.2, 0.25) is 0 Å². The van der Waals surface area contributed by atoms with Crippen LogP contribution < -0.4 is 9.64 Å². The van der Waals surface area contributed by atoms with Gasteiger partial charge in [-0.2, -0.15) is 0 Å². The summed E-state index contributed by atoms with van der Waals surface area (Å²) >= 11 is 7.73. The second kappa shape index (κ2) is 10.8. The molecule has 1 N–H and O–H groups in total. The number of amidine groups is 1. The normalized spacial score (nSPS) is 17.6. The molecule has 1 amide bonds. The molecule has 0 bridgehead atoms. The number of rotatable bonds is 8. The van der Waals surface area contributed by atoms with Crippen LogP contribution in [0.2, 0.25) is 5.02 Å². The quantitative estimate of drug-likeness (QED) is 0.516. The minimum atomic E-state index is -0.529. The number of aryl methyl sites for hydroxylation is 1. The zero-order valence-electron chi connectivity index (χ0n) is 18.0. The summed E-state index contributed by atoms with van der Waals surface area (Å²) in [5.41, 5.74) is 2.65. The molecule has 0 unspecified atom stereocenters. The Morgan fingerprint density at radius 3 is 2.71 bits per heavy atom. The number of aliphatic hydroxyl groups excluding tert-OH is 1. The first-order chi connectivity index (χ1) is 14.9. The van der Waals surface area contributed by atoms with Crippen molar-refractivity contribution in [3.8, 4) is 5.75 Å². The maximum atomic E-state index is 13.3. The largest absolute Gasteiger partial charge is 0.489 e. The van der Waals surface area contributed by atoms with E-state index in [2.05, 4.69) is 11.9 Å². The first kappa shape index (κ1) is 23.4. The second-order valence-corrected chi connectivity index (χ2v) is 8.68. The van der Waals surface area contributed by atoms with Crippen LogP contribution in [0.4, 0.5) is 5.69 Å². The summed E-state index contributed by atoms with van der Waals surface area (Å²) < 4.78 is 5.58. The number of nitrogens with zero attached hydrogens (tertiary/aromatic N) is 2. The summed E-state index contributed by atoms with van der Waals surface area (Å²) in [6, 6.07) is 13.2. The predicted octanol–water partition coefficient (Wildman–Crippen LogP) is 5.69. The molecule has 1 aliphatic heterocycles. The van der Waals surface area contributed by atoms with Crippen LogP contribution in [-0.2, 0) is 4.79 Å². The van der Waals surface area contributed by atoms with Crippen LogP contribution in [0.1, 0.15) is 37.8 Å². The van der Waals surface area contributed by atoms with E-state index in [1.54, 1.807) is 17.0 Å². The van der Waals surface area contributed by atoms with Crippen LogP contribution in [-0.4, -0.2) is 35.4 Å². The maximum absolute atomic E-state index is 13.3. The Morgan fingerprint density at radius 2 is 2.03 bits per heavy atom. The average molecular weight is 459 g/mol. The van der Waals surface area contributed by atoms with E-state index in [0.29, 0.717) is 33.8 Å². The number of benzene rings is 2. The van der Waals surface area contributed by atoms with Crippen molar-refractivity contribution < 1.29 is 14.6 Å². The lowest BCUT2D eigenvalue weighted by Crippen LogP contribution is -2.29. The number of hydrogen-bond donors (Lipinski definition) is 1. The Balaban J connectivity index is 1.88. The van der Waals surface area contributed by atoms with E-state index in [1.165, 1.54) is 11.8 Å². The highest BCUT2D eigenvalue weighted by molar-refractivity contribution is 8.19. The summed E-state index contributed by atoms with van der Waals surface area (Å²) in [4.78, 5) is 20.2. The zero-order chi connectivity index (χ0) is 22.4. The van der Waals surface area contributed by atoms with Gasteiger partial charge in [-0.3, -0.25) is 14.7 Å². The summed E-state index contributed by atoms with van der Waals surface area (Å²) in [5, 5.41) is 10.8. The highest BCUT2D eigenvalue weighted by Gasteiger charge is 2.35. The lowest BCUT2D eigenvalue weighted by atomic mass is 10.1. The van der Waals surface area contributed by atoms with E-state index in [0.717, 1.165) is 23.2 Å². The van der Waals surface area contributed by atoms with Crippen LogP contribution in [0, 0.1) is 6.92 Å². The molecule has 1 heterocycles. The van der Waals surface area contributed by atoms with Crippen molar-refractivity contribution in [1.29, 1.82) is 0 Å². The summed E-state index contributed by atoms with van der Waals surface area (Å²) in [5.74, 6) is 0.408. The van der Waals surface area contributed by atoms with Gasteiger partial charge in [-0.1, -0.05) is 49.7 Å². The van der Waals surface area contributed by atoms with Gasteiger partial charge in [0, 0.05) is 6.54 Å². The van der Waals surface area contributed by atoms with E-state index >= 15 is 0 Å². The van der Waals surface area contributed by atoms with E-state index in [-0.39, 0.29) is 12.5 Å². The molecule has 5 nitrogen and oxygen atoms in total. The third-order valence-electron chi connectivity index (χ3n) is 4.79. The molecule has 0 spiro atoms. The Morgan fingerprint density at radius 1 is 1.26 bits per heavy atom. The summed E-state index contributed by atoms with van der Waals surface area (Å²) in [6.45, 7) is 6.78. The van der Waals surface area contributed by atoms with Gasteiger partial charge in [0.15, 0.2) is 5.17 Å². The van der Waals surface area contributed by atoms with Gasteiger partial charge in [0.25, 0.3) is 5.91 Å². The van der Waals surface area contributed by atoms with Crippen LogP contribution in [0.3, 0.4) is 0 Å². The van der Waals surface area contributed by atoms with Crippen molar-refractivity contribution in [3.63, 3.8) is 0 Å². The molecular formula is C24H27ClN2O3S. The standard InChI is InChI=1S/C24H27ClN2O3S/c1-4-12-26-24-27(20-9-7-6-8-16(20)3)23(29)22(31-24)14-17-10-11-21(19(25)13-17)30-15-18(28)5-2/h6-11,13-14,18,28H,4-5,12,15H2,1-3H3/b22-14-,26-24?/t18-/m1/s1. The first-order valence-electron chi connectivity index (χ1n) is 10.4. The predicted molar refractivity (Wildman–Crippen MR) is 130 cm³/mol. The molecule has 0 aromatic heterocycles. The van der Waals surface area contributed by atoms with E-state index < -0.39 is 6.10 Å². The van der Waals surface area contributed by atoms with E-state index in [1.807, 2.05) is 50.3 Å². The number of carbonyl (C=O) groups excluding carboxylic acids is 1. The van der Waals surface area contributed by atoms with Crippen molar-refractivity contribution in [2.24, 2.45) is 4.99 Å². The number of ether oxygens (including phenoxy) is 1. The monoisotopic (exact) mass is 458 g/mol. The molecule has 31 heavy (non-hydrogen) atoms. The molecule has 1 aliphatic rings. The van der Waals surface area contributed by atoms with Crippen molar-refractivity contribution >= 4 is 46.2 Å². The highest BCUT2D eigenvalue weighted by atomic mass is 35.5. The van der Waals surface area contributed by atoms with Gasteiger partial charge in [-0.25, -0.2) is 0 Å². The lowest BCUT2D eigenvalue weighted by molar-refractivity contribution is -0.113. The fourth-order valence-corrected chi connectivity index (χ4v) is 4.23. The Labute approximate surface area is 192 Å². The minimum Gasteiger partial charge on any atom is -0.489 e. The Bertz CT molecular complexity index is 1010. The third kappa shape index (κ3) is 5.70. The maximum Gasteiger partial charge on any atom is 0.271 e. The molecule has 3 rings (SSSR count). The Kier molecular flexibility index (Phi) is 8.18. The van der Waals surface area contributed by atoms with E-state index in [9.17, 15) is 9.90 Å². The van der Waals surface area contributed by atoms with Gasteiger partial charge < -0.3 is 9.84 Å². The molecule has 0 saturated carbocycles. The number of aliphatic hydroxyl groups is 1. The van der Waals surface area contributed by atoms with Gasteiger partial charge in [0.1, 0.15) is 12.4 Å². The molecule has 2 aromatic rings. The van der Waals surface area contributed by atoms with E-state index in [4.69, 9.17) is 16.3 Å². The molecule has 1 atom stereocenters. The summed E-state index contributed by atoms with van der Waals surface area (Å²) in [6.07, 6.45) is 2.81. The number of aliphatic imine (C=N–C) groups is 1. The first-order valence-corrected chi connectivity index (χ1v) is 11.6. The highest BCUT2D eigenvalue weighted by Crippen LogP contribution is 2.38. The number of hydrogen-bond acceptors (Lipinski definition) is 5. The molecular weight excluding hydrogens is 432 g/mol. The SMILES string of the molecule is CCCN=C1S/C(=C\c2ccc(OC[C@H](O)CC)c(Cl)c2)C(=O)N1c1ccccc1C. The third-order valence-corrected chi connectivity index (χ3v) is 6.09. The van der Waals surface area contributed by atoms with Gasteiger partial charge in [0.05, 0.1) is 21.7 Å². The van der Waals surface area contributed by atoms with Crippen molar-refractivity contribution in [3.05, 3.63) is 63.5 Å². The van der Waals surface area contributed by atoms with Gasteiger partial charge in [-0.05, 0) is 66.9 Å². The second-order valence-electron chi connectivity index (χ2n) is 7.26. The minimum absolute atomic E-state index is 0.100. The molecule has 0 aliphatic carbocycles. The molecule has 1 saturated heterocycles. The summed E-state index contributed by atoms with van der Waals surface area (Å²) in [7, 11) is 0. The van der Waals surface area contributed by atoms with Gasteiger partial charge >= 0.3 is 0 Å². The molecule has 2 aromatic carbocycles. The molecule has 164 valence electrons.